The molecule has 0 bridgehead atoms. The van der Waals surface area contributed by atoms with Gasteiger partial charge in [-0.15, -0.1) is 0 Å². The highest BCUT2D eigenvalue weighted by Gasteiger charge is 2.26. The average molecular weight is 304 g/mol. The molecule has 0 aliphatic carbocycles. The van der Waals surface area contributed by atoms with Crippen molar-refractivity contribution in [2.24, 2.45) is 0 Å². The number of hydrogen-bond donors (Lipinski definition) is 0. The van der Waals surface area contributed by atoms with Crippen molar-refractivity contribution < 1.29 is 4.79 Å². The van der Waals surface area contributed by atoms with E-state index in [9.17, 15) is 4.79 Å². The standard InChI is InChI=1S/C16H18ClN3O/c1-11-10-20(8-7-19(11)2)16(21)14-9-12-5-3-4-6-13(12)15(17)18-14/h3-6,9,11H,7-8,10H2,1-2H3. The Morgan fingerprint density at radius 3 is 2.86 bits per heavy atom. The van der Waals surface area contributed by atoms with Gasteiger partial charge in [-0.2, -0.15) is 0 Å². The fraction of sp³-hybridized carbons (Fsp3) is 0.375. The van der Waals surface area contributed by atoms with Gasteiger partial charge in [-0.25, -0.2) is 4.98 Å². The summed E-state index contributed by atoms with van der Waals surface area (Å²) in [5.41, 5.74) is 0.426. The molecule has 1 fully saturated rings. The number of fused-ring (bicyclic) bond motifs is 1. The summed E-state index contributed by atoms with van der Waals surface area (Å²) in [6, 6.07) is 9.90. The Labute approximate surface area is 129 Å². The minimum atomic E-state index is -0.0393. The zero-order valence-corrected chi connectivity index (χ0v) is 13.0. The molecule has 0 N–H and O–H groups in total. The lowest BCUT2D eigenvalue weighted by atomic mass is 10.1. The molecule has 4 nitrogen and oxygen atoms in total. The number of aromatic nitrogens is 1. The van der Waals surface area contributed by atoms with Gasteiger partial charge in [-0.05, 0) is 25.4 Å². The van der Waals surface area contributed by atoms with Crippen molar-refractivity contribution in [3.8, 4) is 0 Å². The molecular formula is C16H18ClN3O. The van der Waals surface area contributed by atoms with Crippen molar-refractivity contribution in [2.75, 3.05) is 26.7 Å². The first-order valence-corrected chi connectivity index (χ1v) is 7.49. The molecule has 110 valence electrons. The maximum Gasteiger partial charge on any atom is 0.272 e. The summed E-state index contributed by atoms with van der Waals surface area (Å²) in [4.78, 5) is 21.0. The summed E-state index contributed by atoms with van der Waals surface area (Å²) in [5.74, 6) is -0.0393. The van der Waals surface area contributed by atoms with Crippen LogP contribution in [0.15, 0.2) is 30.3 Å². The van der Waals surface area contributed by atoms with Crippen LogP contribution < -0.4 is 0 Å². The van der Waals surface area contributed by atoms with Crippen molar-refractivity contribution in [3.63, 3.8) is 0 Å². The predicted molar refractivity (Wildman–Crippen MR) is 84.7 cm³/mol. The number of likely N-dealkylation sites (N-methyl/N-ethyl adjacent to an activating group) is 1. The number of hydrogen-bond acceptors (Lipinski definition) is 3. The summed E-state index contributed by atoms with van der Waals surface area (Å²) >= 11 is 6.21. The summed E-state index contributed by atoms with van der Waals surface area (Å²) in [6.07, 6.45) is 0. The van der Waals surface area contributed by atoms with Crippen LogP contribution in [0.25, 0.3) is 10.8 Å². The van der Waals surface area contributed by atoms with Gasteiger partial charge in [0.2, 0.25) is 0 Å². The molecule has 5 heteroatoms. The summed E-state index contributed by atoms with van der Waals surface area (Å²) in [5, 5.41) is 2.21. The Kier molecular flexibility index (Phi) is 3.83. The first-order chi connectivity index (χ1) is 10.1. The summed E-state index contributed by atoms with van der Waals surface area (Å²) < 4.78 is 0. The van der Waals surface area contributed by atoms with Gasteiger partial charge >= 0.3 is 0 Å². The lowest BCUT2D eigenvalue weighted by Crippen LogP contribution is -2.52. The number of benzene rings is 1. The number of carbonyl (C=O) groups excluding carboxylic acids is 1. The van der Waals surface area contributed by atoms with Gasteiger partial charge in [-0.1, -0.05) is 35.9 Å². The van der Waals surface area contributed by atoms with Crippen LogP contribution in [0, 0.1) is 0 Å². The second-order valence-corrected chi connectivity index (χ2v) is 5.96. The molecule has 3 rings (SSSR count). The fourth-order valence-electron chi connectivity index (χ4n) is 2.66. The van der Waals surface area contributed by atoms with E-state index < -0.39 is 0 Å². The molecule has 1 aromatic carbocycles. The van der Waals surface area contributed by atoms with E-state index in [1.54, 1.807) is 0 Å². The van der Waals surface area contributed by atoms with E-state index in [1.807, 2.05) is 35.2 Å². The first kappa shape index (κ1) is 14.3. The lowest BCUT2D eigenvalue weighted by Gasteiger charge is -2.37. The molecule has 0 spiro atoms. The van der Waals surface area contributed by atoms with Crippen molar-refractivity contribution in [3.05, 3.63) is 41.2 Å². The second kappa shape index (κ2) is 5.62. The molecule has 21 heavy (non-hydrogen) atoms. The summed E-state index contributed by atoms with van der Waals surface area (Å²) in [7, 11) is 2.08. The lowest BCUT2D eigenvalue weighted by molar-refractivity contribution is 0.0567. The number of carbonyl (C=O) groups is 1. The third-order valence-corrected chi connectivity index (χ3v) is 4.45. The van der Waals surface area contributed by atoms with E-state index in [1.165, 1.54) is 0 Å². The van der Waals surface area contributed by atoms with E-state index in [2.05, 4.69) is 23.9 Å². The topological polar surface area (TPSA) is 36.4 Å². The number of halogens is 1. The highest BCUT2D eigenvalue weighted by molar-refractivity contribution is 6.34. The first-order valence-electron chi connectivity index (χ1n) is 7.11. The maximum absolute atomic E-state index is 12.6. The molecule has 1 unspecified atom stereocenters. The minimum absolute atomic E-state index is 0.0393. The van der Waals surface area contributed by atoms with Gasteiger partial charge in [0.05, 0.1) is 0 Å². The molecule has 2 aromatic rings. The number of pyridine rings is 1. The number of amides is 1. The number of nitrogens with zero attached hydrogens (tertiary/aromatic N) is 3. The maximum atomic E-state index is 12.6. The highest BCUT2D eigenvalue weighted by Crippen LogP contribution is 2.23. The Balaban J connectivity index is 1.91. The molecule has 1 aromatic heterocycles. The van der Waals surface area contributed by atoms with E-state index >= 15 is 0 Å². The van der Waals surface area contributed by atoms with E-state index in [0.717, 1.165) is 30.4 Å². The Morgan fingerprint density at radius 2 is 2.10 bits per heavy atom. The van der Waals surface area contributed by atoms with E-state index in [0.29, 0.717) is 16.9 Å². The Hall–Kier alpha value is -1.65. The van der Waals surface area contributed by atoms with Gasteiger partial charge in [0.15, 0.2) is 0 Å². The zero-order valence-electron chi connectivity index (χ0n) is 12.2. The Bertz CT molecular complexity index is 688. The van der Waals surface area contributed by atoms with Crippen LogP contribution in [-0.2, 0) is 0 Å². The smallest absolute Gasteiger partial charge is 0.272 e. The van der Waals surface area contributed by atoms with Crippen LogP contribution in [0.5, 0.6) is 0 Å². The molecule has 1 aliphatic heterocycles. The van der Waals surface area contributed by atoms with Crippen LogP contribution in [-0.4, -0.2) is 53.4 Å². The molecule has 0 radical (unpaired) electrons. The van der Waals surface area contributed by atoms with Gasteiger partial charge in [0.1, 0.15) is 10.8 Å². The van der Waals surface area contributed by atoms with Crippen molar-refractivity contribution >= 4 is 28.3 Å². The van der Waals surface area contributed by atoms with Crippen LogP contribution >= 0.6 is 11.6 Å². The zero-order chi connectivity index (χ0) is 15.0. The third kappa shape index (κ3) is 2.74. The molecule has 1 aliphatic rings. The second-order valence-electron chi connectivity index (χ2n) is 5.60. The SMILES string of the molecule is CC1CN(C(=O)c2cc3ccccc3c(Cl)n2)CCN1C. The summed E-state index contributed by atoms with van der Waals surface area (Å²) in [6.45, 7) is 4.46. The van der Waals surface area contributed by atoms with Crippen molar-refractivity contribution in [1.82, 2.24) is 14.8 Å². The predicted octanol–water partition coefficient (Wildman–Crippen LogP) is 2.66. The molecule has 1 amide bonds. The Morgan fingerprint density at radius 1 is 1.33 bits per heavy atom. The van der Waals surface area contributed by atoms with Gasteiger partial charge in [0, 0.05) is 31.1 Å². The van der Waals surface area contributed by atoms with Crippen LogP contribution in [0.4, 0.5) is 0 Å². The van der Waals surface area contributed by atoms with Crippen molar-refractivity contribution in [1.29, 1.82) is 0 Å². The molecule has 1 saturated heterocycles. The molecule has 2 heterocycles. The normalized spacial score (nSPS) is 20.0. The van der Waals surface area contributed by atoms with Crippen LogP contribution in [0.3, 0.4) is 0 Å². The molecular weight excluding hydrogens is 286 g/mol. The fourth-order valence-corrected chi connectivity index (χ4v) is 2.92. The van der Waals surface area contributed by atoms with Crippen LogP contribution in [0.1, 0.15) is 17.4 Å². The van der Waals surface area contributed by atoms with Gasteiger partial charge in [0.25, 0.3) is 5.91 Å². The highest BCUT2D eigenvalue weighted by atomic mass is 35.5. The van der Waals surface area contributed by atoms with Gasteiger partial charge < -0.3 is 9.80 Å². The average Bonchev–Trinajstić information content (AvgIpc) is 2.49. The monoisotopic (exact) mass is 303 g/mol. The van der Waals surface area contributed by atoms with Crippen LogP contribution in [0.2, 0.25) is 5.15 Å². The molecule has 0 saturated carbocycles. The largest absolute Gasteiger partial charge is 0.334 e. The number of rotatable bonds is 1. The molecule has 1 atom stereocenters. The minimum Gasteiger partial charge on any atom is -0.334 e. The van der Waals surface area contributed by atoms with Crippen molar-refractivity contribution in [2.45, 2.75) is 13.0 Å². The van der Waals surface area contributed by atoms with E-state index in [-0.39, 0.29) is 5.91 Å². The van der Waals surface area contributed by atoms with E-state index in [4.69, 9.17) is 11.6 Å². The number of piperazine rings is 1. The third-order valence-electron chi connectivity index (χ3n) is 4.16. The van der Waals surface area contributed by atoms with Gasteiger partial charge in [-0.3, -0.25) is 4.79 Å². The quantitative estimate of drug-likeness (QED) is 0.760.